The second kappa shape index (κ2) is 10.9. The molecule has 0 bridgehead atoms. The van der Waals surface area contributed by atoms with Crippen LogP contribution in [0, 0.1) is 5.92 Å². The number of rotatable bonds is 12. The molecule has 0 radical (unpaired) electrons. The first kappa shape index (κ1) is 19.3. The van der Waals surface area contributed by atoms with E-state index in [0.29, 0.717) is 25.7 Å². The van der Waals surface area contributed by atoms with Crippen molar-refractivity contribution in [2.75, 3.05) is 39.5 Å². The lowest BCUT2D eigenvalue weighted by Gasteiger charge is -2.14. The fourth-order valence-corrected chi connectivity index (χ4v) is 1.85. The number of hydrogen-bond donors (Lipinski definition) is 1. The molecule has 7 nitrogen and oxygen atoms in total. The third-order valence-electron chi connectivity index (χ3n) is 3.24. The van der Waals surface area contributed by atoms with Crippen molar-refractivity contribution in [2.24, 2.45) is 5.92 Å². The van der Waals surface area contributed by atoms with E-state index in [0.717, 1.165) is 17.9 Å². The Labute approximate surface area is 137 Å². The summed E-state index contributed by atoms with van der Waals surface area (Å²) < 4.78 is 10.7. The van der Waals surface area contributed by atoms with Gasteiger partial charge in [0.1, 0.15) is 0 Å². The van der Waals surface area contributed by atoms with Crippen LogP contribution in [0.2, 0.25) is 0 Å². The Morgan fingerprint density at radius 2 is 1.70 bits per heavy atom. The zero-order valence-corrected chi connectivity index (χ0v) is 13.9. The van der Waals surface area contributed by atoms with Crippen LogP contribution in [0.25, 0.3) is 0 Å². The molecule has 0 aliphatic carbocycles. The van der Waals surface area contributed by atoms with Crippen molar-refractivity contribution in [1.29, 1.82) is 0 Å². The molecule has 1 N–H and O–H groups in total. The maximum atomic E-state index is 11.6. The average molecular weight is 326 g/mol. The van der Waals surface area contributed by atoms with Gasteiger partial charge in [0.15, 0.2) is 0 Å². The average Bonchev–Trinajstić information content (AvgIpc) is 2.81. The van der Waals surface area contributed by atoms with Crippen molar-refractivity contribution < 1.29 is 23.9 Å². The minimum absolute atomic E-state index is 0.169. The van der Waals surface area contributed by atoms with Crippen LogP contribution in [0.4, 0.5) is 0 Å². The zero-order valence-electron chi connectivity index (χ0n) is 13.9. The highest BCUT2D eigenvalue weighted by molar-refractivity contribution is 6.12. The Kier molecular flexibility index (Phi) is 9.16. The lowest BCUT2D eigenvalue weighted by atomic mass is 10.1. The first-order valence-corrected chi connectivity index (χ1v) is 7.96. The number of amides is 3. The first-order valence-electron chi connectivity index (χ1n) is 7.96. The molecule has 1 aliphatic heterocycles. The third kappa shape index (κ3) is 8.47. The van der Waals surface area contributed by atoms with Crippen LogP contribution in [0.15, 0.2) is 12.2 Å². The highest BCUT2D eigenvalue weighted by Crippen LogP contribution is 2.01. The number of nitrogens with zero attached hydrogens (tertiary/aromatic N) is 1. The van der Waals surface area contributed by atoms with Crippen LogP contribution in [0.3, 0.4) is 0 Å². The first-order chi connectivity index (χ1) is 11.0. The summed E-state index contributed by atoms with van der Waals surface area (Å²) in [6, 6.07) is 0. The second-order valence-electron chi connectivity index (χ2n) is 5.67. The van der Waals surface area contributed by atoms with Crippen LogP contribution >= 0.6 is 0 Å². The van der Waals surface area contributed by atoms with E-state index in [-0.39, 0.29) is 37.2 Å². The van der Waals surface area contributed by atoms with E-state index in [1.165, 1.54) is 12.2 Å². The van der Waals surface area contributed by atoms with E-state index in [4.69, 9.17) is 9.47 Å². The van der Waals surface area contributed by atoms with E-state index in [1.54, 1.807) is 0 Å². The quantitative estimate of drug-likeness (QED) is 0.417. The van der Waals surface area contributed by atoms with Crippen molar-refractivity contribution in [3.63, 3.8) is 0 Å². The lowest BCUT2D eigenvalue weighted by Crippen LogP contribution is -2.38. The topological polar surface area (TPSA) is 84.9 Å². The van der Waals surface area contributed by atoms with Gasteiger partial charge in [-0.25, -0.2) is 0 Å². The van der Waals surface area contributed by atoms with Gasteiger partial charge in [0, 0.05) is 38.3 Å². The number of imide groups is 1. The van der Waals surface area contributed by atoms with Crippen molar-refractivity contribution in [3.05, 3.63) is 12.2 Å². The molecule has 1 rings (SSSR count). The number of nitrogens with one attached hydrogen (secondary N) is 1. The third-order valence-corrected chi connectivity index (χ3v) is 3.24. The van der Waals surface area contributed by atoms with Crippen molar-refractivity contribution in [2.45, 2.75) is 26.7 Å². The van der Waals surface area contributed by atoms with Crippen LogP contribution in [-0.2, 0) is 23.9 Å². The highest BCUT2D eigenvalue weighted by Gasteiger charge is 2.22. The molecule has 0 aromatic heterocycles. The predicted octanol–water partition coefficient (Wildman–Crippen LogP) is 0.497. The molecule has 1 heterocycles. The van der Waals surface area contributed by atoms with Gasteiger partial charge in [-0.1, -0.05) is 13.8 Å². The predicted molar refractivity (Wildman–Crippen MR) is 84.6 cm³/mol. The minimum Gasteiger partial charge on any atom is -0.379 e. The molecule has 0 spiro atoms. The van der Waals surface area contributed by atoms with E-state index in [9.17, 15) is 14.4 Å². The van der Waals surface area contributed by atoms with E-state index >= 15 is 0 Å². The minimum atomic E-state index is -0.343. The molecule has 0 atom stereocenters. The van der Waals surface area contributed by atoms with Gasteiger partial charge in [-0.15, -0.1) is 0 Å². The zero-order chi connectivity index (χ0) is 17.1. The molecule has 0 fully saturated rings. The largest absolute Gasteiger partial charge is 0.379 e. The fourth-order valence-electron chi connectivity index (χ4n) is 1.85. The van der Waals surface area contributed by atoms with Crippen molar-refractivity contribution in [1.82, 2.24) is 10.2 Å². The van der Waals surface area contributed by atoms with Gasteiger partial charge in [0.25, 0.3) is 11.8 Å². The van der Waals surface area contributed by atoms with Gasteiger partial charge < -0.3 is 14.8 Å². The summed E-state index contributed by atoms with van der Waals surface area (Å²) in [4.78, 5) is 35.2. The highest BCUT2D eigenvalue weighted by atomic mass is 16.5. The standard InChI is InChI=1S/C16H26N2O5/c1-13(2)5-9-22-11-12-23-10-6-14(19)17-7-8-18-15(20)3-4-16(18)21/h3-4,13H,5-12H2,1-2H3,(H,17,19). The van der Waals surface area contributed by atoms with Gasteiger partial charge in [0.2, 0.25) is 5.91 Å². The van der Waals surface area contributed by atoms with E-state index in [2.05, 4.69) is 19.2 Å². The van der Waals surface area contributed by atoms with Gasteiger partial charge in [0.05, 0.1) is 19.8 Å². The number of carbonyl (C=O) groups excluding carboxylic acids is 3. The number of carbonyl (C=O) groups is 3. The maximum Gasteiger partial charge on any atom is 0.253 e. The van der Waals surface area contributed by atoms with E-state index in [1.807, 2.05) is 0 Å². The molecule has 0 saturated carbocycles. The molecule has 0 aromatic rings. The SMILES string of the molecule is CC(C)CCOCCOCCC(=O)NCCN1C(=O)C=CC1=O. The summed E-state index contributed by atoms with van der Waals surface area (Å²) in [5, 5.41) is 2.65. The Balaban J connectivity index is 1.93. The Morgan fingerprint density at radius 1 is 1.09 bits per heavy atom. The van der Waals surface area contributed by atoms with Gasteiger partial charge in [-0.2, -0.15) is 0 Å². The fraction of sp³-hybridized carbons (Fsp3) is 0.688. The van der Waals surface area contributed by atoms with Crippen LogP contribution in [0.5, 0.6) is 0 Å². The summed E-state index contributed by atoms with van der Waals surface area (Å²) >= 11 is 0. The summed E-state index contributed by atoms with van der Waals surface area (Å²) in [7, 11) is 0. The molecule has 23 heavy (non-hydrogen) atoms. The van der Waals surface area contributed by atoms with Crippen LogP contribution in [-0.4, -0.2) is 62.1 Å². The Hall–Kier alpha value is -1.73. The number of ether oxygens (including phenoxy) is 2. The normalized spacial score (nSPS) is 14.1. The molecular formula is C16H26N2O5. The van der Waals surface area contributed by atoms with E-state index < -0.39 is 0 Å². The molecular weight excluding hydrogens is 300 g/mol. The molecule has 7 heteroatoms. The molecule has 3 amide bonds. The van der Waals surface area contributed by atoms with Crippen molar-refractivity contribution in [3.8, 4) is 0 Å². The second-order valence-corrected chi connectivity index (χ2v) is 5.67. The molecule has 0 unspecified atom stereocenters. The summed E-state index contributed by atoms with van der Waals surface area (Å²) in [5.74, 6) is -0.227. The van der Waals surface area contributed by atoms with Gasteiger partial charge in [-0.3, -0.25) is 19.3 Å². The molecule has 0 saturated heterocycles. The maximum absolute atomic E-state index is 11.6. The Morgan fingerprint density at radius 3 is 2.30 bits per heavy atom. The summed E-state index contributed by atoms with van der Waals surface area (Å²) in [6.07, 6.45) is 3.72. The molecule has 1 aliphatic rings. The monoisotopic (exact) mass is 326 g/mol. The van der Waals surface area contributed by atoms with Gasteiger partial charge >= 0.3 is 0 Å². The molecule has 130 valence electrons. The summed E-state index contributed by atoms with van der Waals surface area (Å²) in [6.45, 7) is 6.76. The smallest absolute Gasteiger partial charge is 0.253 e. The van der Waals surface area contributed by atoms with Crippen LogP contribution < -0.4 is 5.32 Å². The van der Waals surface area contributed by atoms with Gasteiger partial charge in [-0.05, 0) is 12.3 Å². The molecule has 0 aromatic carbocycles. The Bertz CT molecular complexity index is 416. The van der Waals surface area contributed by atoms with Crippen molar-refractivity contribution >= 4 is 17.7 Å². The lowest BCUT2D eigenvalue weighted by molar-refractivity contribution is -0.137. The van der Waals surface area contributed by atoms with Crippen LogP contribution in [0.1, 0.15) is 26.7 Å². The summed E-state index contributed by atoms with van der Waals surface area (Å²) in [5.41, 5.74) is 0. The number of hydrogen-bond acceptors (Lipinski definition) is 5.